The minimum Gasteiger partial charge on any atom is -0.356 e. The number of nitrogens with one attached hydrogen (secondary N) is 2. The lowest BCUT2D eigenvalue weighted by molar-refractivity contribution is 0.644. The fraction of sp³-hybridized carbons (Fsp3) is 0.533. The molecule has 2 rings (SSSR count). The predicted octanol–water partition coefficient (Wildman–Crippen LogP) is 2.95. The van der Waals surface area contributed by atoms with Crippen molar-refractivity contribution in [2.24, 2.45) is 4.99 Å². The lowest BCUT2D eigenvalue weighted by Crippen LogP contribution is -2.41. The molecule has 1 aromatic carbocycles. The zero-order valence-corrected chi connectivity index (χ0v) is 12.4. The Bertz CT molecular complexity index is 452. The van der Waals surface area contributed by atoms with Crippen LogP contribution in [0.2, 0.25) is 5.02 Å². The number of rotatable bonds is 5. The van der Waals surface area contributed by atoms with Gasteiger partial charge in [0, 0.05) is 30.6 Å². The van der Waals surface area contributed by atoms with Crippen LogP contribution in [0.1, 0.15) is 31.7 Å². The number of aliphatic imine (C=N–C) groups is 1. The zero-order valence-electron chi connectivity index (χ0n) is 11.7. The summed E-state index contributed by atoms with van der Waals surface area (Å²) in [6.07, 6.45) is 3.52. The summed E-state index contributed by atoms with van der Waals surface area (Å²) in [6.45, 7) is 4.01. The quantitative estimate of drug-likeness (QED) is 0.642. The van der Waals surface area contributed by atoms with Crippen molar-refractivity contribution in [3.05, 3.63) is 34.9 Å². The molecule has 0 radical (unpaired) electrons. The Kier molecular flexibility index (Phi) is 4.70. The largest absolute Gasteiger partial charge is 0.356 e. The predicted molar refractivity (Wildman–Crippen MR) is 82.0 cm³/mol. The molecule has 0 unspecified atom stereocenters. The molecule has 1 aliphatic carbocycles. The van der Waals surface area contributed by atoms with Gasteiger partial charge in [0.25, 0.3) is 0 Å². The van der Waals surface area contributed by atoms with Gasteiger partial charge in [-0.15, -0.1) is 0 Å². The fourth-order valence-corrected chi connectivity index (χ4v) is 2.44. The maximum atomic E-state index is 6.08. The van der Waals surface area contributed by atoms with Crippen LogP contribution in [-0.2, 0) is 5.41 Å². The molecule has 0 bridgehead atoms. The number of benzene rings is 1. The van der Waals surface area contributed by atoms with Crippen molar-refractivity contribution in [1.82, 2.24) is 10.6 Å². The summed E-state index contributed by atoms with van der Waals surface area (Å²) in [5.74, 6) is 0.884. The molecule has 3 nitrogen and oxygen atoms in total. The number of guanidine groups is 1. The highest BCUT2D eigenvalue weighted by Crippen LogP contribution is 2.48. The van der Waals surface area contributed by atoms with Gasteiger partial charge in [0.1, 0.15) is 0 Å². The van der Waals surface area contributed by atoms with Crippen LogP contribution in [0.25, 0.3) is 0 Å². The monoisotopic (exact) mass is 279 g/mol. The first-order valence-corrected chi connectivity index (χ1v) is 7.28. The van der Waals surface area contributed by atoms with Crippen molar-refractivity contribution in [2.45, 2.75) is 31.6 Å². The minimum absolute atomic E-state index is 0.245. The van der Waals surface area contributed by atoms with Gasteiger partial charge < -0.3 is 10.6 Å². The normalized spacial score (nSPS) is 17.1. The molecular weight excluding hydrogens is 258 g/mol. The molecule has 1 aromatic rings. The average molecular weight is 280 g/mol. The van der Waals surface area contributed by atoms with Crippen molar-refractivity contribution in [1.29, 1.82) is 0 Å². The van der Waals surface area contributed by atoms with E-state index in [0.29, 0.717) is 0 Å². The van der Waals surface area contributed by atoms with Crippen LogP contribution in [0.3, 0.4) is 0 Å². The van der Waals surface area contributed by atoms with Crippen LogP contribution in [0, 0.1) is 0 Å². The summed E-state index contributed by atoms with van der Waals surface area (Å²) in [5.41, 5.74) is 1.58. The Morgan fingerprint density at radius 3 is 2.74 bits per heavy atom. The van der Waals surface area contributed by atoms with E-state index < -0.39 is 0 Å². The van der Waals surface area contributed by atoms with E-state index in [2.05, 4.69) is 34.7 Å². The van der Waals surface area contributed by atoms with Crippen LogP contribution >= 0.6 is 11.6 Å². The summed E-state index contributed by atoms with van der Waals surface area (Å²) in [4.78, 5) is 4.24. The molecule has 1 aliphatic rings. The first-order valence-electron chi connectivity index (χ1n) is 6.91. The van der Waals surface area contributed by atoms with E-state index in [0.717, 1.165) is 30.5 Å². The lowest BCUT2D eigenvalue weighted by atomic mass is 9.96. The van der Waals surface area contributed by atoms with Gasteiger partial charge in [0.05, 0.1) is 0 Å². The van der Waals surface area contributed by atoms with Crippen LogP contribution < -0.4 is 10.6 Å². The van der Waals surface area contributed by atoms with Gasteiger partial charge in [-0.25, -0.2) is 0 Å². The summed E-state index contributed by atoms with van der Waals surface area (Å²) >= 11 is 6.08. The maximum absolute atomic E-state index is 6.08. The first-order chi connectivity index (χ1) is 9.20. The van der Waals surface area contributed by atoms with E-state index in [1.807, 2.05) is 19.2 Å². The number of nitrogens with zero attached hydrogens (tertiary/aromatic N) is 1. The van der Waals surface area contributed by atoms with E-state index in [1.54, 1.807) is 0 Å². The van der Waals surface area contributed by atoms with Gasteiger partial charge >= 0.3 is 0 Å². The maximum Gasteiger partial charge on any atom is 0.191 e. The van der Waals surface area contributed by atoms with Gasteiger partial charge in [-0.3, -0.25) is 4.99 Å². The smallest absolute Gasteiger partial charge is 0.191 e. The molecule has 0 aromatic heterocycles. The van der Waals surface area contributed by atoms with Gasteiger partial charge in [-0.2, -0.15) is 0 Å². The molecule has 0 spiro atoms. The topological polar surface area (TPSA) is 36.4 Å². The molecule has 0 aliphatic heterocycles. The van der Waals surface area contributed by atoms with E-state index in [4.69, 9.17) is 11.6 Å². The van der Waals surface area contributed by atoms with Gasteiger partial charge in [-0.05, 0) is 37.0 Å². The Balaban J connectivity index is 1.95. The SMILES string of the molecule is CCCNC(=NC)NCC1(c2cccc(Cl)c2)CC1. The van der Waals surface area contributed by atoms with Crippen LogP contribution in [0.4, 0.5) is 0 Å². The van der Waals surface area contributed by atoms with Crippen molar-refractivity contribution < 1.29 is 0 Å². The van der Waals surface area contributed by atoms with Crippen molar-refractivity contribution in [3.8, 4) is 0 Å². The second kappa shape index (κ2) is 6.29. The highest BCUT2D eigenvalue weighted by Gasteiger charge is 2.44. The molecule has 1 fully saturated rings. The third-order valence-corrected chi connectivity index (χ3v) is 3.89. The van der Waals surface area contributed by atoms with Crippen molar-refractivity contribution in [2.75, 3.05) is 20.1 Å². The minimum atomic E-state index is 0.245. The van der Waals surface area contributed by atoms with E-state index in [9.17, 15) is 0 Å². The van der Waals surface area contributed by atoms with Crippen molar-refractivity contribution in [3.63, 3.8) is 0 Å². The molecular formula is C15H22ClN3. The second-order valence-electron chi connectivity index (χ2n) is 5.14. The molecule has 2 N–H and O–H groups in total. The third kappa shape index (κ3) is 3.63. The van der Waals surface area contributed by atoms with Crippen molar-refractivity contribution >= 4 is 17.6 Å². The Morgan fingerprint density at radius 1 is 1.37 bits per heavy atom. The highest BCUT2D eigenvalue weighted by molar-refractivity contribution is 6.30. The molecule has 4 heteroatoms. The summed E-state index contributed by atoms with van der Waals surface area (Å²) in [7, 11) is 1.81. The van der Waals surface area contributed by atoms with Gasteiger partial charge in [0.15, 0.2) is 5.96 Å². The van der Waals surface area contributed by atoms with E-state index in [1.165, 1.54) is 18.4 Å². The number of halogens is 1. The summed E-state index contributed by atoms with van der Waals surface area (Å²) < 4.78 is 0. The number of hydrogen-bond acceptors (Lipinski definition) is 1. The van der Waals surface area contributed by atoms with Gasteiger partial charge in [0.2, 0.25) is 0 Å². The lowest BCUT2D eigenvalue weighted by Gasteiger charge is -2.19. The average Bonchev–Trinajstić information content (AvgIpc) is 3.20. The van der Waals surface area contributed by atoms with Crippen LogP contribution in [-0.4, -0.2) is 26.1 Å². The summed E-state index contributed by atoms with van der Waals surface area (Å²) in [6, 6.07) is 8.21. The molecule has 0 heterocycles. The van der Waals surface area contributed by atoms with Crippen LogP contribution in [0.5, 0.6) is 0 Å². The second-order valence-corrected chi connectivity index (χ2v) is 5.58. The zero-order chi connectivity index (χ0) is 13.7. The molecule has 0 amide bonds. The first kappa shape index (κ1) is 14.2. The Hall–Kier alpha value is -1.22. The molecule has 19 heavy (non-hydrogen) atoms. The summed E-state index contributed by atoms with van der Waals surface area (Å²) in [5, 5.41) is 7.53. The standard InChI is InChI=1S/C15H22ClN3/c1-3-9-18-14(17-2)19-11-15(7-8-15)12-5-4-6-13(16)10-12/h4-6,10H,3,7-9,11H2,1-2H3,(H2,17,18,19). The molecule has 0 atom stereocenters. The molecule has 0 saturated heterocycles. The number of hydrogen-bond donors (Lipinski definition) is 2. The molecule has 104 valence electrons. The Labute approximate surface area is 120 Å². The van der Waals surface area contributed by atoms with E-state index in [-0.39, 0.29) is 5.41 Å². The van der Waals surface area contributed by atoms with Gasteiger partial charge in [-0.1, -0.05) is 30.7 Å². The fourth-order valence-electron chi connectivity index (χ4n) is 2.25. The van der Waals surface area contributed by atoms with Crippen LogP contribution in [0.15, 0.2) is 29.3 Å². The molecule has 1 saturated carbocycles. The third-order valence-electron chi connectivity index (χ3n) is 3.65. The van der Waals surface area contributed by atoms with E-state index >= 15 is 0 Å². The highest BCUT2D eigenvalue weighted by atomic mass is 35.5. The Morgan fingerprint density at radius 2 is 2.16 bits per heavy atom.